The van der Waals surface area contributed by atoms with E-state index >= 15 is 0 Å². The van der Waals surface area contributed by atoms with Crippen molar-refractivity contribution in [1.82, 2.24) is 15.3 Å². The van der Waals surface area contributed by atoms with Crippen molar-refractivity contribution in [2.75, 3.05) is 17.6 Å². The van der Waals surface area contributed by atoms with Gasteiger partial charge in [-0.2, -0.15) is 0 Å². The van der Waals surface area contributed by atoms with E-state index in [0.717, 1.165) is 66.6 Å². The Bertz CT molecular complexity index is 1560. The van der Waals surface area contributed by atoms with Gasteiger partial charge in [0, 0.05) is 45.3 Å². The van der Waals surface area contributed by atoms with Crippen LogP contribution in [0, 0.1) is 13.8 Å². The van der Waals surface area contributed by atoms with Gasteiger partial charge in [-0.05, 0) is 81.3 Å². The third-order valence-electron chi connectivity index (χ3n) is 8.26. The van der Waals surface area contributed by atoms with Gasteiger partial charge in [0.15, 0.2) is 0 Å². The van der Waals surface area contributed by atoms with E-state index in [1.54, 1.807) is 0 Å². The highest BCUT2D eigenvalue weighted by molar-refractivity contribution is 5.96. The zero-order valence-corrected chi connectivity index (χ0v) is 22.4. The molecule has 38 heavy (non-hydrogen) atoms. The molecule has 5 aromatic rings. The van der Waals surface area contributed by atoms with Crippen LogP contribution < -0.4 is 16.4 Å². The van der Waals surface area contributed by atoms with Gasteiger partial charge in [-0.3, -0.25) is 0 Å². The van der Waals surface area contributed by atoms with Crippen molar-refractivity contribution in [1.29, 1.82) is 0 Å². The average Bonchev–Trinajstić information content (AvgIpc) is 3.31. The summed E-state index contributed by atoms with van der Waals surface area (Å²) in [5.74, 6) is 0.935. The van der Waals surface area contributed by atoms with Crippen LogP contribution >= 0.6 is 0 Å². The number of H-pyrrole nitrogens is 1. The summed E-state index contributed by atoms with van der Waals surface area (Å²) in [5.41, 5.74) is 15.7. The van der Waals surface area contributed by atoms with Crippen molar-refractivity contribution < 1.29 is 0 Å². The van der Waals surface area contributed by atoms with Gasteiger partial charge in [0.25, 0.3) is 0 Å². The molecule has 0 unspecified atom stereocenters. The Balaban J connectivity index is 1.08. The lowest BCUT2D eigenvalue weighted by Gasteiger charge is -2.31. The first kappa shape index (κ1) is 24.5. The minimum Gasteiger partial charge on any atom is -0.398 e. The van der Waals surface area contributed by atoms with E-state index in [1.807, 2.05) is 0 Å². The van der Waals surface area contributed by atoms with Crippen LogP contribution in [0.15, 0.2) is 72.8 Å². The topological polar surface area (TPSA) is 78.8 Å². The van der Waals surface area contributed by atoms with E-state index in [-0.39, 0.29) is 0 Å². The fourth-order valence-corrected chi connectivity index (χ4v) is 6.10. The molecule has 0 atom stereocenters. The van der Waals surface area contributed by atoms with Crippen LogP contribution in [-0.2, 0) is 6.42 Å². The fraction of sp³-hybridized carbons (Fsp3) is 0.303. The third kappa shape index (κ3) is 4.74. The molecule has 0 bridgehead atoms. The van der Waals surface area contributed by atoms with Gasteiger partial charge in [0.2, 0.25) is 0 Å². The largest absolute Gasteiger partial charge is 0.398 e. The number of aromatic amines is 1. The van der Waals surface area contributed by atoms with E-state index in [2.05, 4.69) is 102 Å². The first-order chi connectivity index (χ1) is 18.6. The quantitative estimate of drug-likeness (QED) is 0.190. The first-order valence-electron chi connectivity index (χ1n) is 13.9. The smallest absolute Gasteiger partial charge is 0.131 e. The van der Waals surface area contributed by atoms with E-state index in [0.29, 0.717) is 12.1 Å². The number of fused-ring (bicyclic) bond motifs is 2. The van der Waals surface area contributed by atoms with Gasteiger partial charge in [-0.1, -0.05) is 60.7 Å². The Hall–Kier alpha value is -3.83. The summed E-state index contributed by atoms with van der Waals surface area (Å²) in [6.45, 7) is 5.16. The second kappa shape index (κ2) is 10.5. The number of hydrogen-bond donors (Lipinski definition) is 4. The molecule has 6 rings (SSSR count). The normalized spacial score (nSPS) is 17.7. The summed E-state index contributed by atoms with van der Waals surface area (Å²) in [5, 5.41) is 9.99. The Labute approximate surface area is 224 Å². The van der Waals surface area contributed by atoms with E-state index in [1.165, 1.54) is 33.3 Å². The predicted molar refractivity (Wildman–Crippen MR) is 161 cm³/mol. The number of hydrogen-bond acceptors (Lipinski definition) is 4. The van der Waals surface area contributed by atoms with Crippen molar-refractivity contribution in [3.8, 4) is 11.3 Å². The molecule has 5 N–H and O–H groups in total. The van der Waals surface area contributed by atoms with E-state index in [9.17, 15) is 0 Å². The lowest BCUT2D eigenvalue weighted by atomic mass is 9.90. The Kier molecular flexibility index (Phi) is 6.77. The molecular weight excluding hydrogens is 466 g/mol. The standard InChI is InChI=1S/C33H37N5/c1-21-9-8-14-29-30(21)31(34)22(2)33(38-29)36-25-17-15-24(16-18-25)35-20-19-27-26-12-6-7-13-28(26)37-32(27)23-10-4-3-5-11-23/h3-14,24-25,35,37H,15-20H2,1-2H3,(H3,34,36,38). The Morgan fingerprint density at radius 3 is 2.42 bits per heavy atom. The Morgan fingerprint density at radius 1 is 0.868 bits per heavy atom. The van der Waals surface area contributed by atoms with Gasteiger partial charge in [-0.25, -0.2) is 4.98 Å². The van der Waals surface area contributed by atoms with Crippen LogP contribution in [0.25, 0.3) is 33.1 Å². The molecular formula is C33H37N5. The molecule has 1 saturated carbocycles. The van der Waals surface area contributed by atoms with E-state index < -0.39 is 0 Å². The van der Waals surface area contributed by atoms with Crippen molar-refractivity contribution in [2.45, 2.75) is 58.0 Å². The molecule has 2 aromatic heterocycles. The fourth-order valence-electron chi connectivity index (χ4n) is 6.10. The number of nitrogens with one attached hydrogen (secondary N) is 3. The zero-order valence-electron chi connectivity index (χ0n) is 22.4. The molecule has 1 aliphatic rings. The molecule has 0 aliphatic heterocycles. The molecule has 2 heterocycles. The van der Waals surface area contributed by atoms with Crippen molar-refractivity contribution in [2.24, 2.45) is 0 Å². The van der Waals surface area contributed by atoms with Crippen LogP contribution in [0.5, 0.6) is 0 Å². The number of nitrogens with zero attached hydrogens (tertiary/aromatic N) is 1. The summed E-state index contributed by atoms with van der Waals surface area (Å²) < 4.78 is 0. The molecule has 5 nitrogen and oxygen atoms in total. The maximum atomic E-state index is 6.53. The number of nitrogen functional groups attached to an aromatic ring is 1. The maximum absolute atomic E-state index is 6.53. The Morgan fingerprint density at radius 2 is 1.61 bits per heavy atom. The van der Waals surface area contributed by atoms with Crippen LogP contribution in [0.1, 0.15) is 42.4 Å². The number of nitrogens with two attached hydrogens (primary N) is 1. The van der Waals surface area contributed by atoms with Crippen molar-refractivity contribution in [3.63, 3.8) is 0 Å². The molecule has 1 fully saturated rings. The SMILES string of the molecule is Cc1c(NC2CCC(NCCc3c(-c4ccccc4)[nH]c4ccccc34)CC2)nc2cccc(C)c2c1N. The summed E-state index contributed by atoms with van der Waals surface area (Å²) >= 11 is 0. The zero-order chi connectivity index (χ0) is 26.1. The van der Waals surface area contributed by atoms with Crippen LogP contribution in [-0.4, -0.2) is 28.6 Å². The first-order valence-corrected chi connectivity index (χ1v) is 13.9. The summed E-state index contributed by atoms with van der Waals surface area (Å²) in [6, 6.07) is 26.5. The van der Waals surface area contributed by atoms with Gasteiger partial charge < -0.3 is 21.4 Å². The number of aryl methyl sites for hydroxylation is 1. The predicted octanol–water partition coefficient (Wildman–Crippen LogP) is 7.14. The van der Waals surface area contributed by atoms with E-state index in [4.69, 9.17) is 10.7 Å². The second-order valence-electron chi connectivity index (χ2n) is 10.8. The minimum atomic E-state index is 0.430. The van der Waals surface area contributed by atoms with Crippen molar-refractivity contribution in [3.05, 3.63) is 89.5 Å². The highest BCUT2D eigenvalue weighted by Crippen LogP contribution is 2.33. The van der Waals surface area contributed by atoms with Gasteiger partial charge >= 0.3 is 0 Å². The summed E-state index contributed by atoms with van der Waals surface area (Å²) in [7, 11) is 0. The van der Waals surface area contributed by atoms with Gasteiger partial charge in [-0.15, -0.1) is 0 Å². The number of aromatic nitrogens is 2. The molecule has 0 amide bonds. The minimum absolute atomic E-state index is 0.430. The number of benzene rings is 3. The summed E-state index contributed by atoms with van der Waals surface area (Å²) in [6.07, 6.45) is 5.60. The highest BCUT2D eigenvalue weighted by Gasteiger charge is 2.23. The highest BCUT2D eigenvalue weighted by atomic mass is 15.0. The molecule has 3 aromatic carbocycles. The number of para-hydroxylation sites is 1. The monoisotopic (exact) mass is 503 g/mol. The summed E-state index contributed by atoms with van der Waals surface area (Å²) in [4.78, 5) is 8.61. The average molecular weight is 504 g/mol. The molecule has 0 saturated heterocycles. The maximum Gasteiger partial charge on any atom is 0.131 e. The third-order valence-corrected chi connectivity index (χ3v) is 8.26. The second-order valence-corrected chi connectivity index (χ2v) is 10.8. The number of pyridine rings is 1. The van der Waals surface area contributed by atoms with Gasteiger partial charge in [0.05, 0.1) is 5.52 Å². The lowest BCUT2D eigenvalue weighted by Crippen LogP contribution is -2.38. The number of anilines is 2. The molecule has 0 spiro atoms. The molecule has 0 radical (unpaired) electrons. The number of rotatable bonds is 7. The van der Waals surface area contributed by atoms with Crippen LogP contribution in [0.3, 0.4) is 0 Å². The lowest BCUT2D eigenvalue weighted by molar-refractivity contribution is 0.355. The molecule has 5 heteroatoms. The van der Waals surface area contributed by atoms with Crippen LogP contribution in [0.4, 0.5) is 11.5 Å². The van der Waals surface area contributed by atoms with Crippen LogP contribution in [0.2, 0.25) is 0 Å². The van der Waals surface area contributed by atoms with Crippen molar-refractivity contribution >= 4 is 33.3 Å². The molecule has 1 aliphatic carbocycles. The molecule has 194 valence electrons. The van der Waals surface area contributed by atoms with Gasteiger partial charge in [0.1, 0.15) is 5.82 Å².